The van der Waals surface area contributed by atoms with Crippen molar-refractivity contribution in [3.8, 4) is 0 Å². The Labute approximate surface area is 96.7 Å². The van der Waals surface area contributed by atoms with Gasteiger partial charge >= 0.3 is 5.97 Å². The van der Waals surface area contributed by atoms with Gasteiger partial charge in [0, 0.05) is 7.05 Å². The molecule has 1 saturated heterocycles. The Morgan fingerprint density at radius 1 is 1.59 bits per heavy atom. The normalized spacial score (nSPS) is 21.5. The first-order valence-corrected chi connectivity index (χ1v) is 4.91. The number of likely N-dealkylation sites (N-methyl/N-ethyl adjacent to an activating group) is 1. The van der Waals surface area contributed by atoms with Crippen molar-refractivity contribution in [1.82, 2.24) is 10.2 Å². The first-order valence-electron chi connectivity index (χ1n) is 4.91. The van der Waals surface area contributed by atoms with Gasteiger partial charge in [-0.1, -0.05) is 0 Å². The molecule has 2 unspecified atom stereocenters. The first-order chi connectivity index (χ1) is 7.82. The fourth-order valence-electron chi connectivity index (χ4n) is 1.43. The van der Waals surface area contributed by atoms with Gasteiger partial charge in [0.25, 0.3) is 5.91 Å². The van der Waals surface area contributed by atoms with E-state index in [9.17, 15) is 19.2 Å². The van der Waals surface area contributed by atoms with Crippen LogP contribution >= 0.6 is 0 Å². The molecular formula is C9H13N3O5. The molecule has 3 amide bonds. The zero-order chi connectivity index (χ0) is 13.2. The molecule has 0 spiro atoms. The van der Waals surface area contributed by atoms with Crippen LogP contribution in [0, 0.1) is 0 Å². The molecule has 0 aromatic carbocycles. The van der Waals surface area contributed by atoms with Crippen molar-refractivity contribution in [2.24, 2.45) is 5.73 Å². The second-order valence-electron chi connectivity index (χ2n) is 3.76. The maximum absolute atomic E-state index is 11.4. The number of carboxylic acids is 1. The molecule has 0 aliphatic carbocycles. The summed E-state index contributed by atoms with van der Waals surface area (Å²) in [4.78, 5) is 45.2. The molecule has 94 valence electrons. The van der Waals surface area contributed by atoms with Crippen molar-refractivity contribution in [3.05, 3.63) is 0 Å². The minimum atomic E-state index is -1.23. The Hall–Kier alpha value is -1.96. The molecule has 0 aromatic rings. The number of likely N-dealkylation sites (tertiary alicyclic amines) is 1. The van der Waals surface area contributed by atoms with Crippen molar-refractivity contribution < 1.29 is 24.3 Å². The van der Waals surface area contributed by atoms with E-state index in [0.717, 1.165) is 4.90 Å². The lowest BCUT2D eigenvalue weighted by Gasteiger charge is -2.14. The van der Waals surface area contributed by atoms with E-state index in [1.807, 2.05) is 0 Å². The van der Waals surface area contributed by atoms with Crippen LogP contribution in [0.15, 0.2) is 0 Å². The summed E-state index contributed by atoms with van der Waals surface area (Å²) in [5, 5.41) is 10.7. The van der Waals surface area contributed by atoms with E-state index >= 15 is 0 Å². The highest BCUT2D eigenvalue weighted by Gasteiger charge is 2.37. The summed E-state index contributed by atoms with van der Waals surface area (Å²) in [6, 6.07) is -2.18. The predicted molar refractivity (Wildman–Crippen MR) is 54.6 cm³/mol. The van der Waals surface area contributed by atoms with E-state index in [2.05, 4.69) is 5.32 Å². The molecule has 1 rings (SSSR count). The summed E-state index contributed by atoms with van der Waals surface area (Å²) in [6.07, 6.45) is -0.655. The zero-order valence-corrected chi connectivity index (χ0v) is 9.17. The van der Waals surface area contributed by atoms with Gasteiger partial charge in [-0.05, 0) is 0 Å². The van der Waals surface area contributed by atoms with Gasteiger partial charge in [-0.3, -0.25) is 24.1 Å². The first kappa shape index (κ1) is 13.1. The third-order valence-electron chi connectivity index (χ3n) is 2.43. The molecule has 17 heavy (non-hydrogen) atoms. The fraction of sp³-hybridized carbons (Fsp3) is 0.556. The van der Waals surface area contributed by atoms with Gasteiger partial charge in [0.05, 0.1) is 18.9 Å². The van der Waals surface area contributed by atoms with Crippen LogP contribution in [0.1, 0.15) is 12.8 Å². The van der Waals surface area contributed by atoms with E-state index in [1.165, 1.54) is 7.05 Å². The number of imide groups is 1. The largest absolute Gasteiger partial charge is 0.481 e. The van der Waals surface area contributed by atoms with Crippen LogP contribution in [0.3, 0.4) is 0 Å². The van der Waals surface area contributed by atoms with Crippen LogP contribution < -0.4 is 11.1 Å². The van der Waals surface area contributed by atoms with Gasteiger partial charge in [-0.2, -0.15) is 0 Å². The van der Waals surface area contributed by atoms with Gasteiger partial charge in [-0.15, -0.1) is 0 Å². The lowest BCUT2D eigenvalue weighted by Crippen LogP contribution is -2.48. The Morgan fingerprint density at radius 3 is 2.59 bits per heavy atom. The number of hydrogen-bond donors (Lipinski definition) is 3. The number of nitrogens with two attached hydrogens (primary N) is 1. The van der Waals surface area contributed by atoms with Crippen LogP contribution in [0.5, 0.6) is 0 Å². The van der Waals surface area contributed by atoms with E-state index in [-0.39, 0.29) is 6.42 Å². The van der Waals surface area contributed by atoms with Crippen LogP contribution in [0.2, 0.25) is 0 Å². The zero-order valence-electron chi connectivity index (χ0n) is 9.17. The molecule has 8 nitrogen and oxygen atoms in total. The molecule has 2 atom stereocenters. The molecule has 1 aliphatic heterocycles. The lowest BCUT2D eigenvalue weighted by molar-refractivity contribution is -0.139. The van der Waals surface area contributed by atoms with Crippen molar-refractivity contribution in [3.63, 3.8) is 0 Å². The summed E-state index contributed by atoms with van der Waals surface area (Å²) in [6.45, 7) is 0. The minimum absolute atomic E-state index is 0.124. The van der Waals surface area contributed by atoms with Crippen molar-refractivity contribution >= 4 is 23.7 Å². The Morgan fingerprint density at radius 2 is 2.18 bits per heavy atom. The third kappa shape index (κ3) is 3.00. The minimum Gasteiger partial charge on any atom is -0.481 e. The lowest BCUT2D eigenvalue weighted by atomic mass is 10.2. The number of hydrogen-bond acceptors (Lipinski definition) is 5. The quantitative estimate of drug-likeness (QED) is 0.474. The number of rotatable bonds is 4. The second kappa shape index (κ2) is 4.91. The predicted octanol–water partition coefficient (Wildman–Crippen LogP) is -2.34. The molecule has 0 aromatic heterocycles. The van der Waals surface area contributed by atoms with E-state index in [0.29, 0.717) is 0 Å². The summed E-state index contributed by atoms with van der Waals surface area (Å²) in [5.41, 5.74) is 5.31. The standard InChI is InChI=1S/C9H13N3O5/c1-12-6(13)3-5(9(12)17)11-8(16)4(10)2-7(14)15/h4-5H,2-3,10H2,1H3,(H,11,16)(H,14,15). The summed E-state index contributed by atoms with van der Waals surface area (Å²) < 4.78 is 0. The average molecular weight is 243 g/mol. The number of nitrogens with one attached hydrogen (secondary N) is 1. The van der Waals surface area contributed by atoms with Gasteiger partial charge < -0.3 is 16.2 Å². The van der Waals surface area contributed by atoms with E-state index < -0.39 is 42.2 Å². The maximum atomic E-state index is 11.4. The average Bonchev–Trinajstić information content (AvgIpc) is 2.45. The highest BCUT2D eigenvalue weighted by Crippen LogP contribution is 2.10. The van der Waals surface area contributed by atoms with Gasteiger partial charge in [0.15, 0.2) is 0 Å². The summed E-state index contributed by atoms with van der Waals surface area (Å²) >= 11 is 0. The smallest absolute Gasteiger partial charge is 0.305 e. The molecule has 0 bridgehead atoms. The molecule has 1 aliphatic rings. The molecule has 0 radical (unpaired) electrons. The van der Waals surface area contributed by atoms with Crippen LogP contribution in [0.4, 0.5) is 0 Å². The van der Waals surface area contributed by atoms with Crippen molar-refractivity contribution in [2.75, 3.05) is 7.05 Å². The van der Waals surface area contributed by atoms with Gasteiger partial charge in [0.2, 0.25) is 11.8 Å². The highest BCUT2D eigenvalue weighted by molar-refractivity contribution is 6.06. The number of amides is 3. The summed E-state index contributed by atoms with van der Waals surface area (Å²) in [7, 11) is 1.31. The molecule has 1 heterocycles. The Balaban J connectivity index is 2.55. The van der Waals surface area contributed by atoms with Crippen LogP contribution in [-0.4, -0.2) is 52.8 Å². The molecule has 4 N–H and O–H groups in total. The second-order valence-corrected chi connectivity index (χ2v) is 3.76. The molecule has 0 saturated carbocycles. The summed E-state index contributed by atoms with van der Waals surface area (Å²) in [5.74, 6) is -2.88. The molecule has 1 fully saturated rings. The highest BCUT2D eigenvalue weighted by atomic mass is 16.4. The monoisotopic (exact) mass is 243 g/mol. The van der Waals surface area contributed by atoms with Crippen molar-refractivity contribution in [1.29, 1.82) is 0 Å². The number of nitrogens with zero attached hydrogens (tertiary/aromatic N) is 1. The number of aliphatic carboxylic acids is 1. The third-order valence-corrected chi connectivity index (χ3v) is 2.43. The SMILES string of the molecule is CN1C(=O)CC(NC(=O)C(N)CC(=O)O)C1=O. The fourth-order valence-corrected chi connectivity index (χ4v) is 1.43. The van der Waals surface area contributed by atoms with E-state index in [4.69, 9.17) is 10.8 Å². The molecular weight excluding hydrogens is 230 g/mol. The number of carboxylic acid groups (broad SMARTS) is 1. The van der Waals surface area contributed by atoms with Gasteiger partial charge in [0.1, 0.15) is 6.04 Å². The van der Waals surface area contributed by atoms with Crippen LogP contribution in [0.25, 0.3) is 0 Å². The van der Waals surface area contributed by atoms with Gasteiger partial charge in [-0.25, -0.2) is 0 Å². The Kier molecular flexibility index (Phi) is 3.79. The van der Waals surface area contributed by atoms with Crippen molar-refractivity contribution in [2.45, 2.75) is 24.9 Å². The maximum Gasteiger partial charge on any atom is 0.305 e. The Bertz CT molecular complexity index is 381. The number of carbonyl (C=O) groups excluding carboxylic acids is 3. The van der Waals surface area contributed by atoms with Crippen LogP contribution in [-0.2, 0) is 19.2 Å². The molecule has 8 heteroatoms. The number of carbonyl (C=O) groups is 4. The van der Waals surface area contributed by atoms with E-state index in [1.54, 1.807) is 0 Å². The topological polar surface area (TPSA) is 130 Å².